The summed E-state index contributed by atoms with van der Waals surface area (Å²) in [6.07, 6.45) is 83.1. The van der Waals surface area contributed by atoms with Crippen molar-refractivity contribution in [2.45, 2.75) is 334 Å². The molecule has 0 aliphatic heterocycles. The molecule has 0 aromatic rings. The summed E-state index contributed by atoms with van der Waals surface area (Å²) in [5, 5.41) is 9.74. The van der Waals surface area contributed by atoms with Crippen LogP contribution in [0.3, 0.4) is 0 Å². The Kier molecular flexibility index (Phi) is 62.2. The molecule has 2 unspecified atom stereocenters. The van der Waals surface area contributed by atoms with Crippen LogP contribution in [0.1, 0.15) is 322 Å². The lowest BCUT2D eigenvalue weighted by Gasteiger charge is -2.25. The average molecular weight is 1170 g/mol. The van der Waals surface area contributed by atoms with E-state index in [1.54, 1.807) is 0 Å². The quantitative estimate of drug-likeness (QED) is 0.0211. The van der Waals surface area contributed by atoms with Gasteiger partial charge in [0, 0.05) is 12.8 Å². The predicted molar refractivity (Wildman–Crippen MR) is 355 cm³/mol. The molecule has 0 aliphatic rings. The number of carbonyl (C=O) groups excluding carboxylic acids is 2. The summed E-state index contributed by atoms with van der Waals surface area (Å²) in [5.74, 6) is -2.00. The fourth-order valence-corrected chi connectivity index (χ4v) is 10.1. The van der Waals surface area contributed by atoms with Gasteiger partial charge in [-0.25, -0.2) is 4.79 Å². The predicted octanol–water partition coefficient (Wildman–Crippen LogP) is 21.7. The number of likely N-dealkylation sites (N-methyl/N-ethyl adjacent to an activating group) is 1. The Morgan fingerprint density at radius 3 is 1.02 bits per heavy atom. The van der Waals surface area contributed by atoms with Crippen LogP contribution in [0.4, 0.5) is 0 Å². The van der Waals surface area contributed by atoms with Crippen LogP contribution < -0.4 is 0 Å². The van der Waals surface area contributed by atoms with E-state index in [1.807, 2.05) is 21.1 Å². The minimum atomic E-state index is -1.51. The molecule has 0 saturated heterocycles. The van der Waals surface area contributed by atoms with Gasteiger partial charge in [-0.2, -0.15) is 0 Å². The molecule has 0 amide bonds. The summed E-state index contributed by atoms with van der Waals surface area (Å²) in [7, 11) is 5.98. The maximum atomic E-state index is 12.9. The summed E-state index contributed by atoms with van der Waals surface area (Å²) in [5.41, 5.74) is 0. The smallest absolute Gasteiger partial charge is 0.361 e. The molecule has 0 spiro atoms. The van der Waals surface area contributed by atoms with Crippen molar-refractivity contribution in [3.05, 3.63) is 72.9 Å². The van der Waals surface area contributed by atoms with Crippen LogP contribution in [0.15, 0.2) is 72.9 Å². The second-order valence-electron chi connectivity index (χ2n) is 24.8. The van der Waals surface area contributed by atoms with Crippen molar-refractivity contribution in [1.82, 2.24) is 0 Å². The third-order valence-electron chi connectivity index (χ3n) is 15.4. The molecule has 482 valence electrons. The van der Waals surface area contributed by atoms with Crippen molar-refractivity contribution >= 4 is 17.9 Å². The molecule has 2 atom stereocenters. The molecule has 0 aromatic carbocycles. The molecule has 0 rings (SSSR count). The second kappa shape index (κ2) is 64.7. The standard InChI is InChI=1S/C74H133NO8/c1-6-8-10-12-14-16-18-20-22-24-26-28-30-31-32-33-34-35-36-37-38-39-40-41-43-44-46-48-50-52-54-56-58-60-62-64-71(76)81-68-70(69-82-74(73(78)79)80-67-66-75(3,4)5)83-72(77)65-63-61-59-57-55-53-51-49-47-45-42-29-27-25-23-21-19-17-15-13-11-9-7-2/h9,11,15,17-18,20-21,23-24,26-27,29,70,74H,6-8,10,12-14,16,19,22,25,28,30-69H2,1-5H3/p+1/b11-9-,17-15-,20-18-,23-21-,26-24-,29-27-. The van der Waals surface area contributed by atoms with E-state index >= 15 is 0 Å². The zero-order valence-electron chi connectivity index (χ0n) is 55.1. The fourth-order valence-electron chi connectivity index (χ4n) is 10.1. The number of quaternary nitrogens is 1. The highest BCUT2D eigenvalue weighted by molar-refractivity contribution is 5.71. The summed E-state index contributed by atoms with van der Waals surface area (Å²) >= 11 is 0. The van der Waals surface area contributed by atoms with Crippen molar-refractivity contribution in [3.8, 4) is 0 Å². The highest BCUT2D eigenvalue weighted by Gasteiger charge is 2.25. The summed E-state index contributed by atoms with van der Waals surface area (Å²) in [6.45, 7) is 4.79. The first-order chi connectivity index (χ1) is 40.6. The second-order valence-corrected chi connectivity index (χ2v) is 24.8. The van der Waals surface area contributed by atoms with Crippen molar-refractivity contribution in [2.75, 3.05) is 47.5 Å². The summed E-state index contributed by atoms with van der Waals surface area (Å²) in [6, 6.07) is 0. The van der Waals surface area contributed by atoms with Gasteiger partial charge >= 0.3 is 17.9 Å². The molecule has 0 bridgehead atoms. The molecule has 1 N–H and O–H groups in total. The molecule has 0 fully saturated rings. The first kappa shape index (κ1) is 79.7. The molecule has 0 aliphatic carbocycles. The first-order valence-corrected chi connectivity index (χ1v) is 35.1. The van der Waals surface area contributed by atoms with Gasteiger partial charge in [0.15, 0.2) is 6.10 Å². The lowest BCUT2D eigenvalue weighted by Crippen LogP contribution is -2.40. The van der Waals surface area contributed by atoms with E-state index in [-0.39, 0.29) is 32.2 Å². The Balaban J connectivity index is 4.04. The number of carbonyl (C=O) groups is 3. The lowest BCUT2D eigenvalue weighted by atomic mass is 10.0. The molecule has 9 nitrogen and oxygen atoms in total. The third-order valence-corrected chi connectivity index (χ3v) is 15.4. The topological polar surface area (TPSA) is 108 Å². The Labute approximate surface area is 513 Å². The Hall–Kier alpha value is -3.27. The average Bonchev–Trinajstić information content (AvgIpc) is 3.46. The van der Waals surface area contributed by atoms with Crippen LogP contribution in [-0.4, -0.2) is 87.4 Å². The molecule has 0 radical (unpaired) electrons. The van der Waals surface area contributed by atoms with Gasteiger partial charge in [-0.05, 0) is 83.5 Å². The zero-order valence-corrected chi connectivity index (χ0v) is 55.1. The minimum absolute atomic E-state index is 0.183. The Morgan fingerprint density at radius 2 is 0.687 bits per heavy atom. The molecule has 83 heavy (non-hydrogen) atoms. The van der Waals surface area contributed by atoms with Crippen LogP contribution in [0.25, 0.3) is 0 Å². The van der Waals surface area contributed by atoms with Gasteiger partial charge in [0.25, 0.3) is 6.29 Å². The van der Waals surface area contributed by atoms with Gasteiger partial charge in [-0.3, -0.25) is 9.59 Å². The number of hydrogen-bond donors (Lipinski definition) is 1. The number of hydrogen-bond acceptors (Lipinski definition) is 7. The van der Waals surface area contributed by atoms with E-state index in [9.17, 15) is 19.5 Å². The van der Waals surface area contributed by atoms with Gasteiger partial charge in [-0.15, -0.1) is 0 Å². The number of carboxylic acid groups (broad SMARTS) is 1. The van der Waals surface area contributed by atoms with E-state index in [4.69, 9.17) is 18.9 Å². The van der Waals surface area contributed by atoms with Crippen molar-refractivity contribution in [2.24, 2.45) is 0 Å². The van der Waals surface area contributed by atoms with E-state index in [0.29, 0.717) is 23.9 Å². The zero-order chi connectivity index (χ0) is 60.5. The largest absolute Gasteiger partial charge is 0.477 e. The number of ether oxygens (including phenoxy) is 4. The number of rotatable bonds is 65. The monoisotopic (exact) mass is 1170 g/mol. The molecular weight excluding hydrogens is 1030 g/mol. The number of allylic oxidation sites excluding steroid dienone is 12. The molecule has 0 heterocycles. The Morgan fingerprint density at radius 1 is 0.373 bits per heavy atom. The van der Waals surface area contributed by atoms with Gasteiger partial charge in [0.1, 0.15) is 13.2 Å². The number of esters is 2. The molecule has 9 heteroatoms. The van der Waals surface area contributed by atoms with E-state index in [0.717, 1.165) is 77.0 Å². The lowest BCUT2D eigenvalue weighted by molar-refractivity contribution is -0.870. The van der Waals surface area contributed by atoms with Crippen LogP contribution in [0.2, 0.25) is 0 Å². The maximum Gasteiger partial charge on any atom is 0.361 e. The highest BCUT2D eigenvalue weighted by Crippen LogP contribution is 2.18. The summed E-state index contributed by atoms with van der Waals surface area (Å²) in [4.78, 5) is 37.6. The normalized spacial score (nSPS) is 13.1. The maximum absolute atomic E-state index is 12.9. The third kappa shape index (κ3) is 66.1. The van der Waals surface area contributed by atoms with Crippen LogP contribution in [0, 0.1) is 0 Å². The van der Waals surface area contributed by atoms with Crippen molar-refractivity contribution < 1.29 is 42.9 Å². The molecule has 0 aromatic heterocycles. The van der Waals surface area contributed by atoms with Crippen LogP contribution in [-0.2, 0) is 33.3 Å². The van der Waals surface area contributed by atoms with E-state index in [2.05, 4.69) is 86.8 Å². The van der Waals surface area contributed by atoms with E-state index < -0.39 is 24.3 Å². The van der Waals surface area contributed by atoms with Crippen LogP contribution >= 0.6 is 0 Å². The van der Waals surface area contributed by atoms with Crippen molar-refractivity contribution in [3.63, 3.8) is 0 Å². The molecule has 0 saturated carbocycles. The highest BCUT2D eigenvalue weighted by atomic mass is 16.7. The fraction of sp³-hybridized carbons (Fsp3) is 0.797. The van der Waals surface area contributed by atoms with Gasteiger partial charge in [0.05, 0.1) is 34.4 Å². The number of aliphatic carboxylic acids is 1. The van der Waals surface area contributed by atoms with Gasteiger partial charge in [0.2, 0.25) is 0 Å². The number of carboxylic acids is 1. The first-order valence-electron chi connectivity index (χ1n) is 35.1. The Bertz CT molecular complexity index is 1590. The van der Waals surface area contributed by atoms with Gasteiger partial charge < -0.3 is 28.5 Å². The van der Waals surface area contributed by atoms with E-state index in [1.165, 1.54) is 212 Å². The van der Waals surface area contributed by atoms with Crippen LogP contribution in [0.5, 0.6) is 0 Å². The number of unbranched alkanes of at least 4 members (excludes halogenated alkanes) is 38. The summed E-state index contributed by atoms with van der Waals surface area (Å²) < 4.78 is 23.0. The van der Waals surface area contributed by atoms with Gasteiger partial charge in [-0.1, -0.05) is 299 Å². The SMILES string of the molecule is CC/C=C\C/C=C\C/C=C\C/C=C\CCCCCCCCCCCCC(=O)OC(COC(=O)CCCCCCCCCCCCCCCCCCCCCCCCC/C=C\C/C=C\CCCCCCC)COC(OCC[N+](C)(C)C)C(=O)O. The molecular formula is C74H134NO8+. The minimum Gasteiger partial charge on any atom is -0.477 e. The van der Waals surface area contributed by atoms with Crippen molar-refractivity contribution in [1.29, 1.82) is 0 Å². The number of nitrogens with zero attached hydrogens (tertiary/aromatic N) is 1.